The second-order valence-corrected chi connectivity index (χ2v) is 8.35. The summed E-state index contributed by atoms with van der Waals surface area (Å²) >= 11 is 0. The quantitative estimate of drug-likeness (QED) is 0.767. The summed E-state index contributed by atoms with van der Waals surface area (Å²) in [5.74, 6) is -0.133. The monoisotopic (exact) mass is 370 g/mol. The molecular weight excluding hydrogens is 352 g/mol. The predicted octanol–water partition coefficient (Wildman–Crippen LogP) is 2.43. The Kier molecular flexibility index (Phi) is 3.91. The molecule has 2 aromatic heterocycles. The standard InChI is InChI=1S/C18H18N4O3S/c1-13-7-9-21-12-16(20-17(21)11-13)18(23)19-14-3-5-15(6-4-14)22-8-2-10-26(22,24)25/h3-7,9,11-12H,2,8,10H2,1H3,(H,19,23). The van der Waals surface area contributed by atoms with Gasteiger partial charge in [0.2, 0.25) is 10.0 Å². The molecule has 1 aliphatic heterocycles. The first-order valence-corrected chi connectivity index (χ1v) is 9.90. The van der Waals surface area contributed by atoms with E-state index >= 15 is 0 Å². The Bertz CT molecular complexity index is 1090. The number of anilines is 2. The average molecular weight is 370 g/mol. The Labute approximate surface area is 151 Å². The number of rotatable bonds is 3. The summed E-state index contributed by atoms with van der Waals surface area (Å²) in [5.41, 5.74) is 3.31. The first kappa shape index (κ1) is 16.6. The maximum atomic E-state index is 12.4. The Morgan fingerprint density at radius 1 is 1.19 bits per heavy atom. The number of imidazole rings is 1. The maximum absolute atomic E-state index is 12.4. The van der Waals surface area contributed by atoms with Gasteiger partial charge in [-0.1, -0.05) is 0 Å². The second-order valence-electron chi connectivity index (χ2n) is 6.34. The molecule has 0 aliphatic carbocycles. The number of amides is 1. The van der Waals surface area contributed by atoms with E-state index in [0.29, 0.717) is 35.7 Å². The van der Waals surface area contributed by atoms with E-state index in [1.165, 1.54) is 4.31 Å². The van der Waals surface area contributed by atoms with E-state index in [9.17, 15) is 13.2 Å². The van der Waals surface area contributed by atoms with Crippen LogP contribution >= 0.6 is 0 Å². The fraction of sp³-hybridized carbons (Fsp3) is 0.222. The number of carbonyl (C=O) groups excluding carboxylic acids is 1. The molecule has 4 rings (SSSR count). The van der Waals surface area contributed by atoms with Gasteiger partial charge >= 0.3 is 0 Å². The number of nitrogens with one attached hydrogen (secondary N) is 1. The lowest BCUT2D eigenvalue weighted by atomic mass is 10.2. The molecule has 0 saturated carbocycles. The molecule has 1 aliphatic rings. The minimum absolute atomic E-state index is 0.179. The number of carbonyl (C=O) groups is 1. The third-order valence-corrected chi connectivity index (χ3v) is 6.23. The van der Waals surface area contributed by atoms with Crippen molar-refractivity contribution in [2.24, 2.45) is 0 Å². The van der Waals surface area contributed by atoms with Gasteiger partial charge in [0.15, 0.2) is 0 Å². The number of fused-ring (bicyclic) bond motifs is 1. The van der Waals surface area contributed by atoms with E-state index in [1.807, 2.05) is 25.3 Å². The summed E-state index contributed by atoms with van der Waals surface area (Å²) in [7, 11) is -3.20. The average Bonchev–Trinajstić information content (AvgIpc) is 3.18. The van der Waals surface area contributed by atoms with Crippen LogP contribution in [0, 0.1) is 6.92 Å². The number of aromatic nitrogens is 2. The van der Waals surface area contributed by atoms with Crippen molar-refractivity contribution in [1.29, 1.82) is 0 Å². The molecule has 8 heteroatoms. The predicted molar refractivity (Wildman–Crippen MR) is 100 cm³/mol. The fourth-order valence-corrected chi connectivity index (χ4v) is 4.59. The first-order valence-electron chi connectivity index (χ1n) is 8.30. The lowest BCUT2D eigenvalue weighted by Crippen LogP contribution is -2.25. The minimum Gasteiger partial charge on any atom is -0.321 e. The SMILES string of the molecule is Cc1ccn2cc(C(=O)Nc3ccc(N4CCCS4(=O)=O)cc3)nc2c1. The molecule has 3 heterocycles. The Hall–Kier alpha value is -2.87. The van der Waals surface area contributed by atoms with Gasteiger partial charge in [-0.25, -0.2) is 13.4 Å². The van der Waals surface area contributed by atoms with Gasteiger partial charge in [0, 0.05) is 24.6 Å². The van der Waals surface area contributed by atoms with Crippen LogP contribution in [0.15, 0.2) is 48.8 Å². The van der Waals surface area contributed by atoms with Crippen molar-refractivity contribution in [3.8, 4) is 0 Å². The van der Waals surface area contributed by atoms with Gasteiger partial charge in [0.1, 0.15) is 11.3 Å². The zero-order chi connectivity index (χ0) is 18.3. The first-order chi connectivity index (χ1) is 12.4. The number of hydrogen-bond donors (Lipinski definition) is 1. The number of hydrogen-bond acceptors (Lipinski definition) is 4. The molecule has 1 aromatic carbocycles. The number of nitrogens with zero attached hydrogens (tertiary/aromatic N) is 3. The van der Waals surface area contributed by atoms with E-state index in [4.69, 9.17) is 0 Å². The summed E-state index contributed by atoms with van der Waals surface area (Å²) in [6.45, 7) is 2.46. The van der Waals surface area contributed by atoms with Gasteiger partial charge < -0.3 is 9.72 Å². The number of pyridine rings is 1. The highest BCUT2D eigenvalue weighted by Crippen LogP contribution is 2.25. The van der Waals surface area contributed by atoms with Crippen molar-refractivity contribution >= 4 is 33.0 Å². The van der Waals surface area contributed by atoms with E-state index < -0.39 is 10.0 Å². The third kappa shape index (κ3) is 3.03. The molecule has 0 radical (unpaired) electrons. The van der Waals surface area contributed by atoms with Crippen LogP contribution in [0.25, 0.3) is 5.65 Å². The van der Waals surface area contributed by atoms with Crippen LogP contribution in [0.2, 0.25) is 0 Å². The number of aryl methyl sites for hydroxylation is 1. The number of benzene rings is 1. The molecule has 3 aromatic rings. The van der Waals surface area contributed by atoms with Crippen LogP contribution < -0.4 is 9.62 Å². The summed E-state index contributed by atoms with van der Waals surface area (Å²) in [4.78, 5) is 16.8. The second kappa shape index (κ2) is 6.14. The summed E-state index contributed by atoms with van der Waals surface area (Å²) < 4.78 is 27.1. The van der Waals surface area contributed by atoms with Crippen molar-refractivity contribution in [3.05, 3.63) is 60.0 Å². The van der Waals surface area contributed by atoms with Crippen molar-refractivity contribution in [3.63, 3.8) is 0 Å². The highest BCUT2D eigenvalue weighted by molar-refractivity contribution is 7.93. The van der Waals surface area contributed by atoms with Crippen LogP contribution in [0.3, 0.4) is 0 Å². The van der Waals surface area contributed by atoms with Crippen molar-refractivity contribution in [2.45, 2.75) is 13.3 Å². The number of sulfonamides is 1. The summed E-state index contributed by atoms with van der Waals surface area (Å²) in [6.07, 6.45) is 4.17. The maximum Gasteiger partial charge on any atom is 0.275 e. The van der Waals surface area contributed by atoms with E-state index in [1.54, 1.807) is 34.9 Å². The van der Waals surface area contributed by atoms with E-state index in [0.717, 1.165) is 5.56 Å². The molecule has 134 valence electrons. The van der Waals surface area contributed by atoms with Crippen LogP contribution in [-0.2, 0) is 10.0 Å². The molecular formula is C18H18N4O3S. The Morgan fingerprint density at radius 2 is 1.96 bits per heavy atom. The van der Waals surface area contributed by atoms with Gasteiger partial charge in [0.25, 0.3) is 5.91 Å². The Morgan fingerprint density at radius 3 is 2.65 bits per heavy atom. The molecule has 0 atom stereocenters. The van der Waals surface area contributed by atoms with Crippen LogP contribution in [0.1, 0.15) is 22.5 Å². The van der Waals surface area contributed by atoms with Crippen LogP contribution in [-0.4, -0.2) is 36.0 Å². The van der Waals surface area contributed by atoms with Crippen molar-refractivity contribution in [2.75, 3.05) is 21.9 Å². The van der Waals surface area contributed by atoms with Gasteiger partial charge in [-0.15, -0.1) is 0 Å². The summed E-state index contributed by atoms with van der Waals surface area (Å²) in [5, 5.41) is 2.79. The molecule has 1 amide bonds. The molecule has 7 nitrogen and oxygen atoms in total. The van der Waals surface area contributed by atoms with Crippen molar-refractivity contribution < 1.29 is 13.2 Å². The smallest absolute Gasteiger partial charge is 0.275 e. The zero-order valence-corrected chi connectivity index (χ0v) is 15.0. The highest BCUT2D eigenvalue weighted by atomic mass is 32.2. The normalized spacial score (nSPS) is 16.1. The summed E-state index contributed by atoms with van der Waals surface area (Å²) in [6, 6.07) is 10.6. The Balaban J connectivity index is 1.52. The molecule has 1 fully saturated rings. The van der Waals surface area contributed by atoms with Crippen molar-refractivity contribution in [1.82, 2.24) is 9.38 Å². The fourth-order valence-electron chi connectivity index (χ4n) is 3.03. The van der Waals surface area contributed by atoms with Crippen LogP contribution in [0.4, 0.5) is 11.4 Å². The van der Waals surface area contributed by atoms with E-state index in [2.05, 4.69) is 10.3 Å². The lowest BCUT2D eigenvalue weighted by molar-refractivity contribution is 0.102. The van der Waals surface area contributed by atoms with Crippen LogP contribution in [0.5, 0.6) is 0 Å². The minimum atomic E-state index is -3.20. The highest BCUT2D eigenvalue weighted by Gasteiger charge is 2.28. The van der Waals surface area contributed by atoms with E-state index in [-0.39, 0.29) is 11.7 Å². The van der Waals surface area contributed by atoms with Gasteiger partial charge in [-0.3, -0.25) is 9.10 Å². The van der Waals surface area contributed by atoms with Gasteiger partial charge in [0.05, 0.1) is 11.4 Å². The topological polar surface area (TPSA) is 83.8 Å². The van der Waals surface area contributed by atoms with Gasteiger partial charge in [-0.2, -0.15) is 0 Å². The largest absolute Gasteiger partial charge is 0.321 e. The molecule has 1 N–H and O–H groups in total. The molecule has 0 bridgehead atoms. The molecule has 0 spiro atoms. The molecule has 1 saturated heterocycles. The molecule has 0 unspecified atom stereocenters. The van der Waals surface area contributed by atoms with Gasteiger partial charge in [-0.05, 0) is 55.3 Å². The zero-order valence-electron chi connectivity index (χ0n) is 14.2. The molecule has 26 heavy (non-hydrogen) atoms. The third-order valence-electron chi connectivity index (χ3n) is 4.36. The lowest BCUT2D eigenvalue weighted by Gasteiger charge is -2.17.